The zero-order valence-electron chi connectivity index (χ0n) is 88.1. The Hall–Kier alpha value is -14.3. The molecule has 23 rings (SSSR count). The molecule has 0 fully saturated rings. The summed E-state index contributed by atoms with van der Waals surface area (Å²) in [6.07, 6.45) is 0. The molecule has 19 aromatic rings. The average molecular weight is 1850 g/mol. The van der Waals surface area contributed by atoms with Crippen LogP contribution in [0.15, 0.2) is 358 Å². The highest BCUT2D eigenvalue weighted by Crippen LogP contribution is 2.58. The highest BCUT2D eigenvalue weighted by atomic mass is 14.4. The first kappa shape index (κ1) is 92.4. The summed E-state index contributed by atoms with van der Waals surface area (Å²) in [5.74, 6) is 1.28. The van der Waals surface area contributed by atoms with Crippen LogP contribution in [0.1, 0.15) is 272 Å². The first-order valence-electron chi connectivity index (χ1n) is 52.0. The second-order valence-electron chi connectivity index (χ2n) is 49.8. The molecule has 0 unspecified atom stereocenters. The number of hydrogen-bond acceptors (Lipinski definition) is 0. The zero-order chi connectivity index (χ0) is 99.7. The lowest BCUT2D eigenvalue weighted by Crippen LogP contribution is -2.20. The topological polar surface area (TPSA) is 0 Å². The molecule has 143 heavy (non-hydrogen) atoms. The molecule has 19 aromatic carbocycles. The Morgan fingerprint density at radius 3 is 0.615 bits per heavy atom. The standard InChI is InChI=1S/C143H131/c1-136(2,3)95-59-49-84(50-60-95)86-53-63-115-121(75-86)123-77-88(55-65-117(123)133(115)130-109-43-31-25-37-103(109)127(104-38-26-32-44-110(104)130)92-69-97(138(7,8)9)81-98(70-92)139(10,11)12)90-57-67-119-125(79-90)126-80-91(58-68-120(126)135(119)132-113-47-35-29-41-107(113)129(108-42-30-36-48-114(108)132)94-73-101(142(19,20)21)83-102(74-94)143(22,23)24)89-56-66-118-124(78-89)122-76-87(85-51-61-96(62-52-85)137(4,5)6)54-64-116(122)134(118)131-111-45-33-27-39-105(111)128(106-40-28-34-46-112(106)131)93-71-99(140(13,14)15)82-100(72-93)141(16,17)18/h25-83H,1-24H3. The van der Waals surface area contributed by atoms with E-state index in [1.54, 1.807) is 0 Å². The minimum Gasteiger partial charge on any atom is -0.0619 e. The summed E-state index contributed by atoms with van der Waals surface area (Å²) >= 11 is 0. The van der Waals surface area contributed by atoms with Gasteiger partial charge in [0.05, 0.1) is 5.92 Å². The van der Waals surface area contributed by atoms with Crippen molar-refractivity contribution in [1.29, 1.82) is 0 Å². The Balaban J connectivity index is 0.769. The minimum absolute atomic E-state index is 0.0142. The van der Waals surface area contributed by atoms with Crippen molar-refractivity contribution >= 4 is 65.4 Å². The van der Waals surface area contributed by atoms with Crippen LogP contribution in [-0.2, 0) is 43.3 Å². The van der Waals surface area contributed by atoms with Gasteiger partial charge in [-0.05, 0) is 361 Å². The molecule has 0 heterocycles. The summed E-state index contributed by atoms with van der Waals surface area (Å²) in [4.78, 5) is 0. The summed E-state index contributed by atoms with van der Waals surface area (Å²) in [5, 5.41) is 14.8. The van der Waals surface area contributed by atoms with E-state index in [9.17, 15) is 0 Å². The highest BCUT2D eigenvalue weighted by molar-refractivity contribution is 6.24. The molecular weight excluding hydrogens is 1720 g/mol. The van der Waals surface area contributed by atoms with Crippen LogP contribution in [0.4, 0.5) is 0 Å². The normalized spacial score (nSPS) is 14.0. The molecule has 4 aliphatic carbocycles. The number of benzene rings is 19. The van der Waals surface area contributed by atoms with E-state index in [4.69, 9.17) is 0 Å². The smallest absolute Gasteiger partial charge is 0.0619 e. The second-order valence-corrected chi connectivity index (χ2v) is 49.8. The fraction of sp³-hybridized carbons (Fsp3) is 0.224. The van der Waals surface area contributed by atoms with Crippen molar-refractivity contribution < 1.29 is 0 Å². The third kappa shape index (κ3) is 15.8. The third-order valence-corrected chi connectivity index (χ3v) is 31.8. The predicted octanol–water partition coefficient (Wildman–Crippen LogP) is 37.1. The third-order valence-electron chi connectivity index (χ3n) is 31.8. The van der Waals surface area contributed by atoms with E-state index in [0.717, 1.165) is 0 Å². The van der Waals surface area contributed by atoms with E-state index in [-0.39, 0.29) is 43.3 Å². The van der Waals surface area contributed by atoms with Crippen LogP contribution in [0.2, 0.25) is 0 Å². The molecule has 0 nitrogen and oxygen atoms in total. The molecule has 0 heteroatoms. The summed E-state index contributed by atoms with van der Waals surface area (Å²) in [7, 11) is 0. The van der Waals surface area contributed by atoms with E-state index in [1.807, 2.05) is 0 Å². The fourth-order valence-corrected chi connectivity index (χ4v) is 23.6. The molecule has 0 atom stereocenters. The van der Waals surface area contributed by atoms with Gasteiger partial charge in [0.2, 0.25) is 0 Å². The van der Waals surface area contributed by atoms with Crippen LogP contribution in [0.25, 0.3) is 154 Å². The molecule has 4 aliphatic rings. The molecule has 0 amide bonds. The molecule has 1 radical (unpaired) electrons. The van der Waals surface area contributed by atoms with Gasteiger partial charge in [-0.15, -0.1) is 0 Å². The molecule has 0 saturated heterocycles. The highest BCUT2D eigenvalue weighted by Gasteiger charge is 2.40. The van der Waals surface area contributed by atoms with Gasteiger partial charge in [-0.25, -0.2) is 0 Å². The van der Waals surface area contributed by atoms with Crippen molar-refractivity contribution in [3.8, 4) is 89.0 Å². The monoisotopic (exact) mass is 1850 g/mol. The van der Waals surface area contributed by atoms with Gasteiger partial charge in [0.1, 0.15) is 0 Å². The van der Waals surface area contributed by atoms with Crippen LogP contribution >= 0.6 is 0 Å². The maximum absolute atomic E-state index is 2.56. The van der Waals surface area contributed by atoms with Gasteiger partial charge in [0.15, 0.2) is 0 Å². The SMILES string of the molecule is CC(C)(C)c1ccc(-c2ccc3c(c2)-c2cc(-c4ccc5c(c4)-c4cc(=c6ccc7c(c6)-c6cc(-c8ccc(C(C)(C)C)cc8)ccc6C=7c6c7ccccc7c(-c7cc(C(C)(C)C)cc(C(C)(C)C)c7)c7ccccc67)ccc4=C5c4c5ccccc5c(-c5cc(C(C)(C)C)cc(C(C)(C)C)c5)c5ccccc45)ccc2C3=C2c3ccccc3[C](c3cc(C(C)(C)C)cc(C(C)(C)C)c3)c3ccccc32)cc1. The molecule has 0 bridgehead atoms. The van der Waals surface area contributed by atoms with E-state index in [0.29, 0.717) is 0 Å². The van der Waals surface area contributed by atoms with Gasteiger partial charge in [0, 0.05) is 0 Å². The maximum Gasteiger partial charge on any atom is 0.0641 e. The quantitative estimate of drug-likeness (QED) is 0.133. The van der Waals surface area contributed by atoms with Crippen LogP contribution in [0.5, 0.6) is 0 Å². The lowest BCUT2D eigenvalue weighted by molar-refractivity contribution is 0.567. The van der Waals surface area contributed by atoms with Crippen molar-refractivity contribution in [2.45, 2.75) is 209 Å². The predicted molar refractivity (Wildman–Crippen MR) is 614 cm³/mol. The maximum atomic E-state index is 2.56. The summed E-state index contributed by atoms with van der Waals surface area (Å²) in [6, 6.07) is 141. The van der Waals surface area contributed by atoms with Gasteiger partial charge in [-0.2, -0.15) is 0 Å². The van der Waals surface area contributed by atoms with Crippen molar-refractivity contribution in [2.24, 2.45) is 0 Å². The second kappa shape index (κ2) is 33.1. The van der Waals surface area contributed by atoms with Gasteiger partial charge in [-0.3, -0.25) is 0 Å². The zero-order valence-corrected chi connectivity index (χ0v) is 88.1. The molecule has 0 aliphatic heterocycles. The first-order valence-corrected chi connectivity index (χ1v) is 52.0. The lowest BCUT2D eigenvalue weighted by Gasteiger charge is -2.33. The Labute approximate surface area is 848 Å². The number of hydrogen-bond donors (Lipinski definition) is 0. The Morgan fingerprint density at radius 2 is 0.343 bits per heavy atom. The van der Waals surface area contributed by atoms with Crippen molar-refractivity contribution in [3.63, 3.8) is 0 Å². The molecule has 703 valence electrons. The Bertz CT molecular complexity index is 8630. The summed E-state index contributed by atoms with van der Waals surface area (Å²) in [5.41, 5.74) is 48.8. The van der Waals surface area contributed by atoms with Gasteiger partial charge in [-0.1, -0.05) is 488 Å². The largest absolute Gasteiger partial charge is 0.0641 e. The summed E-state index contributed by atoms with van der Waals surface area (Å²) in [6.45, 7) is 56.3. The first-order chi connectivity index (χ1) is 68.0. The van der Waals surface area contributed by atoms with Gasteiger partial charge >= 0.3 is 0 Å². The number of fused-ring (bicyclic) bond motifs is 15. The van der Waals surface area contributed by atoms with Crippen molar-refractivity contribution in [1.82, 2.24) is 0 Å². The van der Waals surface area contributed by atoms with Crippen LogP contribution in [0, 0.1) is 16.4 Å². The van der Waals surface area contributed by atoms with Crippen molar-refractivity contribution in [3.05, 3.63) is 490 Å². The minimum atomic E-state index is -0.0830. The van der Waals surface area contributed by atoms with Crippen molar-refractivity contribution in [2.75, 3.05) is 0 Å². The fourth-order valence-electron chi connectivity index (χ4n) is 23.6. The lowest BCUT2D eigenvalue weighted by atomic mass is 9.69. The van der Waals surface area contributed by atoms with E-state index < -0.39 is 0 Å². The summed E-state index contributed by atoms with van der Waals surface area (Å²) < 4.78 is 0. The Kier molecular flexibility index (Phi) is 21.4. The number of rotatable bonds is 8. The molecule has 0 aromatic heterocycles. The van der Waals surface area contributed by atoms with E-state index in [2.05, 4.69) is 524 Å². The molecule has 0 spiro atoms. The van der Waals surface area contributed by atoms with Gasteiger partial charge in [0.25, 0.3) is 0 Å². The molecule has 0 saturated carbocycles. The van der Waals surface area contributed by atoms with Crippen LogP contribution in [0.3, 0.4) is 0 Å². The molecule has 0 N–H and O–H groups in total. The van der Waals surface area contributed by atoms with Crippen LogP contribution < -0.4 is 10.4 Å². The van der Waals surface area contributed by atoms with E-state index in [1.165, 1.54) is 287 Å². The molecular formula is C143H131. The van der Waals surface area contributed by atoms with E-state index >= 15 is 0 Å². The average Bonchev–Trinajstić information content (AvgIpc) is 1.70. The van der Waals surface area contributed by atoms with Gasteiger partial charge < -0.3 is 0 Å². The Morgan fingerprint density at radius 1 is 0.126 bits per heavy atom. The van der Waals surface area contributed by atoms with Crippen LogP contribution in [-0.4, -0.2) is 0 Å².